The third-order valence-corrected chi connectivity index (χ3v) is 4.27. The fourth-order valence-electron chi connectivity index (χ4n) is 2.35. The van der Waals surface area contributed by atoms with Crippen LogP contribution < -0.4 is 10.1 Å². The molecule has 0 fully saturated rings. The lowest BCUT2D eigenvalue weighted by atomic mass is 10.0. The maximum Gasteiger partial charge on any atom is 0.123 e. The van der Waals surface area contributed by atoms with Gasteiger partial charge in [-0.05, 0) is 51.3 Å². The predicted octanol–water partition coefficient (Wildman–Crippen LogP) is 4.58. The summed E-state index contributed by atoms with van der Waals surface area (Å²) in [6, 6.07) is 6.72. The van der Waals surface area contributed by atoms with Gasteiger partial charge < -0.3 is 10.1 Å². The van der Waals surface area contributed by atoms with E-state index in [0.717, 1.165) is 12.3 Å². The van der Waals surface area contributed by atoms with Gasteiger partial charge in [0, 0.05) is 11.6 Å². The normalized spacial score (nSPS) is 12.4. The van der Waals surface area contributed by atoms with Crippen LogP contribution in [0.5, 0.6) is 5.75 Å². The summed E-state index contributed by atoms with van der Waals surface area (Å²) in [5, 5.41) is 3.61. The van der Waals surface area contributed by atoms with Gasteiger partial charge in [-0.15, -0.1) is 0 Å². The van der Waals surface area contributed by atoms with Crippen LogP contribution in [0.25, 0.3) is 0 Å². The summed E-state index contributed by atoms with van der Waals surface area (Å²) in [6.07, 6.45) is 7.46. The van der Waals surface area contributed by atoms with Gasteiger partial charge in [-0.25, -0.2) is 0 Å². The van der Waals surface area contributed by atoms with Crippen LogP contribution in [-0.2, 0) is 0 Å². The minimum atomic E-state index is 0.344. The minimum Gasteiger partial charge on any atom is -0.496 e. The number of hydrogen-bond acceptors (Lipinski definition) is 3. The fourth-order valence-corrected chi connectivity index (χ4v) is 2.84. The summed E-state index contributed by atoms with van der Waals surface area (Å²) in [5.74, 6) is 2.28. The molecule has 20 heavy (non-hydrogen) atoms. The van der Waals surface area contributed by atoms with E-state index >= 15 is 0 Å². The van der Waals surface area contributed by atoms with Gasteiger partial charge in [-0.1, -0.05) is 30.5 Å². The summed E-state index contributed by atoms with van der Waals surface area (Å²) >= 11 is 1.94. The summed E-state index contributed by atoms with van der Waals surface area (Å²) in [5.41, 5.74) is 2.54. The summed E-state index contributed by atoms with van der Waals surface area (Å²) < 4.78 is 5.45. The summed E-state index contributed by atoms with van der Waals surface area (Å²) in [4.78, 5) is 0. The standard InChI is InChI=1S/C17H29NOS/c1-14-9-10-17(19-3)16(13-14)15(2)18-11-7-5-6-8-12-20-4/h9-10,13,15,18H,5-8,11-12H2,1-4H3. The van der Waals surface area contributed by atoms with Gasteiger partial charge in [0.1, 0.15) is 5.75 Å². The number of aryl methyl sites for hydroxylation is 1. The van der Waals surface area contributed by atoms with Crippen molar-refractivity contribution < 1.29 is 4.74 Å². The van der Waals surface area contributed by atoms with Crippen molar-refractivity contribution in [3.05, 3.63) is 29.3 Å². The van der Waals surface area contributed by atoms with Crippen molar-refractivity contribution in [3.63, 3.8) is 0 Å². The maximum absolute atomic E-state index is 5.45. The molecule has 1 rings (SSSR count). The average molecular weight is 295 g/mol. The third-order valence-electron chi connectivity index (χ3n) is 3.58. The number of ether oxygens (including phenoxy) is 1. The number of hydrogen-bond donors (Lipinski definition) is 1. The molecule has 0 spiro atoms. The van der Waals surface area contributed by atoms with E-state index in [0.29, 0.717) is 6.04 Å². The van der Waals surface area contributed by atoms with Crippen LogP contribution in [0.1, 0.15) is 49.8 Å². The van der Waals surface area contributed by atoms with Crippen molar-refractivity contribution in [1.29, 1.82) is 0 Å². The van der Waals surface area contributed by atoms with E-state index < -0.39 is 0 Å². The van der Waals surface area contributed by atoms with E-state index in [1.807, 2.05) is 11.8 Å². The zero-order valence-corrected chi connectivity index (χ0v) is 14.2. The van der Waals surface area contributed by atoms with Gasteiger partial charge >= 0.3 is 0 Å². The molecule has 0 heterocycles. The van der Waals surface area contributed by atoms with Crippen LogP contribution in [0.3, 0.4) is 0 Å². The van der Waals surface area contributed by atoms with Crippen LogP contribution in [0.15, 0.2) is 18.2 Å². The molecule has 1 aromatic carbocycles. The van der Waals surface area contributed by atoms with Crippen LogP contribution in [0.2, 0.25) is 0 Å². The molecular formula is C17H29NOS. The van der Waals surface area contributed by atoms with E-state index in [9.17, 15) is 0 Å². The lowest BCUT2D eigenvalue weighted by Crippen LogP contribution is -2.20. The van der Waals surface area contributed by atoms with Crippen LogP contribution in [-0.4, -0.2) is 25.7 Å². The first kappa shape index (κ1) is 17.4. The Hall–Kier alpha value is -0.670. The zero-order valence-electron chi connectivity index (χ0n) is 13.4. The number of rotatable bonds is 10. The second kappa shape index (κ2) is 10.1. The molecule has 114 valence electrons. The Kier molecular flexibility index (Phi) is 8.79. The van der Waals surface area contributed by atoms with Crippen LogP contribution in [0, 0.1) is 6.92 Å². The van der Waals surface area contributed by atoms with E-state index in [2.05, 4.69) is 43.6 Å². The van der Waals surface area contributed by atoms with Gasteiger partial charge in [0.2, 0.25) is 0 Å². The molecule has 0 saturated heterocycles. The number of benzene rings is 1. The maximum atomic E-state index is 5.45. The van der Waals surface area contributed by atoms with Gasteiger partial charge in [0.05, 0.1) is 7.11 Å². The second-order valence-electron chi connectivity index (χ2n) is 5.33. The van der Waals surface area contributed by atoms with E-state index in [1.54, 1.807) is 7.11 Å². The smallest absolute Gasteiger partial charge is 0.123 e. The Morgan fingerprint density at radius 3 is 2.65 bits per heavy atom. The molecule has 0 aliphatic carbocycles. The number of methoxy groups -OCH3 is 1. The summed E-state index contributed by atoms with van der Waals surface area (Å²) in [6.45, 7) is 5.42. The third kappa shape index (κ3) is 6.19. The largest absolute Gasteiger partial charge is 0.496 e. The first-order valence-electron chi connectivity index (χ1n) is 7.56. The molecule has 0 radical (unpaired) electrons. The van der Waals surface area contributed by atoms with Crippen molar-refractivity contribution in [2.45, 2.75) is 45.6 Å². The Balaban J connectivity index is 2.32. The van der Waals surface area contributed by atoms with Crippen LogP contribution in [0.4, 0.5) is 0 Å². The molecule has 2 nitrogen and oxygen atoms in total. The van der Waals surface area contributed by atoms with Gasteiger partial charge in [-0.3, -0.25) is 0 Å². The molecule has 1 aromatic rings. The Morgan fingerprint density at radius 1 is 1.20 bits per heavy atom. The highest BCUT2D eigenvalue weighted by Crippen LogP contribution is 2.25. The lowest BCUT2D eigenvalue weighted by molar-refractivity contribution is 0.401. The highest BCUT2D eigenvalue weighted by Gasteiger charge is 2.10. The molecule has 1 atom stereocenters. The van der Waals surface area contributed by atoms with Crippen molar-refractivity contribution >= 4 is 11.8 Å². The van der Waals surface area contributed by atoms with Crippen molar-refractivity contribution in [3.8, 4) is 5.75 Å². The highest BCUT2D eigenvalue weighted by molar-refractivity contribution is 7.98. The van der Waals surface area contributed by atoms with Crippen LogP contribution >= 0.6 is 11.8 Å². The topological polar surface area (TPSA) is 21.3 Å². The molecule has 0 aromatic heterocycles. The number of unbranched alkanes of at least 4 members (excludes halogenated alkanes) is 3. The molecule has 0 bridgehead atoms. The second-order valence-corrected chi connectivity index (χ2v) is 6.31. The van der Waals surface area contributed by atoms with E-state index in [1.165, 1.54) is 42.6 Å². The highest BCUT2D eigenvalue weighted by atomic mass is 32.2. The van der Waals surface area contributed by atoms with E-state index in [-0.39, 0.29) is 0 Å². The molecule has 0 saturated carbocycles. The molecule has 0 aliphatic heterocycles. The minimum absolute atomic E-state index is 0.344. The first-order valence-corrected chi connectivity index (χ1v) is 8.95. The van der Waals surface area contributed by atoms with Gasteiger partial charge in [0.15, 0.2) is 0 Å². The molecule has 3 heteroatoms. The zero-order chi connectivity index (χ0) is 14.8. The van der Waals surface area contributed by atoms with E-state index in [4.69, 9.17) is 4.74 Å². The first-order chi connectivity index (χ1) is 9.69. The monoisotopic (exact) mass is 295 g/mol. The van der Waals surface area contributed by atoms with Crippen molar-refractivity contribution in [1.82, 2.24) is 5.32 Å². The molecular weight excluding hydrogens is 266 g/mol. The van der Waals surface area contributed by atoms with Crippen molar-refractivity contribution in [2.75, 3.05) is 25.7 Å². The number of nitrogens with one attached hydrogen (secondary N) is 1. The Bertz CT molecular complexity index is 381. The van der Waals surface area contributed by atoms with Gasteiger partial charge in [0.25, 0.3) is 0 Å². The fraction of sp³-hybridized carbons (Fsp3) is 0.647. The SMILES string of the molecule is COc1ccc(C)cc1C(C)NCCCCCCSC. The lowest BCUT2D eigenvalue weighted by Gasteiger charge is -2.18. The summed E-state index contributed by atoms with van der Waals surface area (Å²) in [7, 11) is 1.74. The molecule has 0 aliphatic rings. The quantitative estimate of drug-likeness (QED) is 0.639. The number of thioether (sulfide) groups is 1. The Morgan fingerprint density at radius 2 is 1.95 bits per heavy atom. The van der Waals surface area contributed by atoms with Gasteiger partial charge in [-0.2, -0.15) is 11.8 Å². The predicted molar refractivity (Wildman–Crippen MR) is 91.0 cm³/mol. The Labute approximate surface area is 128 Å². The van der Waals surface area contributed by atoms with Crippen molar-refractivity contribution in [2.24, 2.45) is 0 Å². The average Bonchev–Trinajstić information content (AvgIpc) is 2.46. The molecule has 0 amide bonds. The molecule has 1 N–H and O–H groups in total. The molecule has 1 unspecified atom stereocenters.